The van der Waals surface area contributed by atoms with Crippen LogP contribution in [0.1, 0.15) is 17.3 Å². The minimum absolute atomic E-state index is 0.0126. The van der Waals surface area contributed by atoms with Crippen LogP contribution in [0.2, 0.25) is 0 Å². The minimum Gasteiger partial charge on any atom is -0.497 e. The number of esters is 1. The van der Waals surface area contributed by atoms with E-state index in [1.807, 2.05) is 0 Å². The third kappa shape index (κ3) is 4.95. The molecule has 0 spiro atoms. The Hall–Kier alpha value is -3.13. The van der Waals surface area contributed by atoms with E-state index < -0.39 is 5.97 Å². The Balaban J connectivity index is 1.54. The number of ketones is 1. The van der Waals surface area contributed by atoms with E-state index in [0.717, 1.165) is 23.1 Å². The van der Waals surface area contributed by atoms with Gasteiger partial charge in [0.25, 0.3) is 5.22 Å². The van der Waals surface area contributed by atoms with E-state index in [2.05, 4.69) is 10.2 Å². The normalized spacial score (nSPS) is 10.4. The van der Waals surface area contributed by atoms with Crippen molar-refractivity contribution < 1.29 is 23.5 Å². The maximum atomic E-state index is 11.9. The van der Waals surface area contributed by atoms with Gasteiger partial charge in [-0.2, -0.15) is 0 Å². The van der Waals surface area contributed by atoms with Crippen molar-refractivity contribution in [3.63, 3.8) is 0 Å². The molecule has 0 atom stereocenters. The van der Waals surface area contributed by atoms with Gasteiger partial charge in [-0.05, 0) is 55.5 Å². The molecule has 8 heteroatoms. The van der Waals surface area contributed by atoms with Crippen molar-refractivity contribution in [2.24, 2.45) is 0 Å². The number of methoxy groups -OCH3 is 1. The first-order valence-electron chi connectivity index (χ1n) is 7.97. The third-order valence-corrected chi connectivity index (χ3v) is 4.34. The van der Waals surface area contributed by atoms with Crippen molar-refractivity contribution >= 4 is 23.5 Å². The van der Waals surface area contributed by atoms with Crippen molar-refractivity contribution in [2.45, 2.75) is 12.1 Å². The summed E-state index contributed by atoms with van der Waals surface area (Å²) in [5.41, 5.74) is 1.31. The summed E-state index contributed by atoms with van der Waals surface area (Å²) < 4.78 is 15.9. The maximum Gasteiger partial charge on any atom is 0.321 e. The average Bonchev–Trinajstić information content (AvgIpc) is 3.16. The van der Waals surface area contributed by atoms with Crippen LogP contribution < -0.4 is 9.47 Å². The second-order valence-corrected chi connectivity index (χ2v) is 6.37. The molecule has 7 nitrogen and oxygen atoms in total. The molecule has 0 N–H and O–H groups in total. The molecule has 3 rings (SSSR count). The summed E-state index contributed by atoms with van der Waals surface area (Å²) in [5.74, 6) is 0.959. The quantitative estimate of drug-likeness (QED) is 0.264. The van der Waals surface area contributed by atoms with E-state index in [9.17, 15) is 9.59 Å². The van der Waals surface area contributed by atoms with Gasteiger partial charge >= 0.3 is 5.97 Å². The Kier molecular flexibility index (Phi) is 5.87. The molecule has 1 aromatic heterocycles. The number of Topliss-reactive ketones (excluding diaryl/α,β-unsaturated/α-hetero) is 1. The molecule has 138 valence electrons. The van der Waals surface area contributed by atoms with Crippen LogP contribution in [0, 0.1) is 0 Å². The molecule has 0 fully saturated rings. The Morgan fingerprint density at radius 3 is 2.30 bits per heavy atom. The molecule has 0 bridgehead atoms. The SMILES string of the molecule is COc1ccc(-c2nnc(SCC(=O)Oc3ccc(C(C)=O)cc3)o2)cc1. The fourth-order valence-corrected chi connectivity index (χ4v) is 2.69. The van der Waals surface area contributed by atoms with Gasteiger partial charge in [-0.1, -0.05) is 11.8 Å². The van der Waals surface area contributed by atoms with Crippen LogP contribution in [0.25, 0.3) is 11.5 Å². The first kappa shape index (κ1) is 18.7. The lowest BCUT2D eigenvalue weighted by Crippen LogP contribution is -2.10. The Labute approximate surface area is 159 Å². The van der Waals surface area contributed by atoms with Crippen LogP contribution in [0.4, 0.5) is 0 Å². The molecule has 0 unspecified atom stereocenters. The van der Waals surface area contributed by atoms with Gasteiger partial charge in [0, 0.05) is 11.1 Å². The van der Waals surface area contributed by atoms with Crippen molar-refractivity contribution in [3.8, 4) is 23.0 Å². The highest BCUT2D eigenvalue weighted by Crippen LogP contribution is 2.25. The predicted molar refractivity (Wildman–Crippen MR) is 99.1 cm³/mol. The number of hydrogen-bond acceptors (Lipinski definition) is 8. The Bertz CT molecular complexity index is 935. The fourth-order valence-electron chi connectivity index (χ4n) is 2.16. The van der Waals surface area contributed by atoms with Gasteiger partial charge in [-0.15, -0.1) is 10.2 Å². The first-order valence-corrected chi connectivity index (χ1v) is 8.96. The summed E-state index contributed by atoms with van der Waals surface area (Å²) in [6, 6.07) is 13.6. The number of carbonyl (C=O) groups excluding carboxylic acids is 2. The summed E-state index contributed by atoms with van der Waals surface area (Å²) >= 11 is 1.09. The molecule has 27 heavy (non-hydrogen) atoms. The number of thioether (sulfide) groups is 1. The largest absolute Gasteiger partial charge is 0.497 e. The zero-order chi connectivity index (χ0) is 19.2. The lowest BCUT2D eigenvalue weighted by atomic mass is 10.1. The first-order chi connectivity index (χ1) is 13.0. The van der Waals surface area contributed by atoms with E-state index in [1.165, 1.54) is 6.92 Å². The lowest BCUT2D eigenvalue weighted by Gasteiger charge is -2.03. The minimum atomic E-state index is -0.459. The predicted octanol–water partition coefficient (Wildman–Crippen LogP) is 3.65. The highest BCUT2D eigenvalue weighted by molar-refractivity contribution is 7.99. The Morgan fingerprint density at radius 1 is 1.00 bits per heavy atom. The smallest absolute Gasteiger partial charge is 0.321 e. The van der Waals surface area contributed by atoms with Gasteiger partial charge in [0.15, 0.2) is 5.78 Å². The summed E-state index contributed by atoms with van der Waals surface area (Å²) in [4.78, 5) is 23.2. The average molecular weight is 384 g/mol. The molecule has 0 aliphatic rings. The zero-order valence-electron chi connectivity index (χ0n) is 14.7. The van der Waals surface area contributed by atoms with Crippen molar-refractivity contribution in [3.05, 3.63) is 54.1 Å². The second kappa shape index (κ2) is 8.50. The van der Waals surface area contributed by atoms with Crippen LogP contribution in [0.15, 0.2) is 58.2 Å². The monoisotopic (exact) mass is 384 g/mol. The van der Waals surface area contributed by atoms with E-state index in [-0.39, 0.29) is 16.8 Å². The van der Waals surface area contributed by atoms with Crippen molar-refractivity contribution in [1.29, 1.82) is 0 Å². The van der Waals surface area contributed by atoms with E-state index >= 15 is 0 Å². The van der Waals surface area contributed by atoms with Crippen LogP contribution in [-0.4, -0.2) is 34.8 Å². The number of rotatable bonds is 7. The number of nitrogens with zero attached hydrogens (tertiary/aromatic N) is 2. The number of ether oxygens (including phenoxy) is 2. The molecular weight excluding hydrogens is 368 g/mol. The molecule has 0 aliphatic carbocycles. The number of aromatic nitrogens is 2. The van der Waals surface area contributed by atoms with Crippen LogP contribution >= 0.6 is 11.8 Å². The molecule has 0 radical (unpaired) electrons. The highest BCUT2D eigenvalue weighted by Gasteiger charge is 2.13. The van der Waals surface area contributed by atoms with Crippen LogP contribution in [0.5, 0.6) is 11.5 Å². The van der Waals surface area contributed by atoms with Gasteiger partial charge in [0.2, 0.25) is 5.89 Å². The molecule has 1 heterocycles. The van der Waals surface area contributed by atoms with E-state index in [4.69, 9.17) is 13.9 Å². The summed E-state index contributed by atoms with van der Waals surface area (Å²) in [6.45, 7) is 1.47. The third-order valence-electron chi connectivity index (χ3n) is 3.55. The van der Waals surface area contributed by atoms with Crippen LogP contribution in [0.3, 0.4) is 0 Å². The highest BCUT2D eigenvalue weighted by atomic mass is 32.2. The second-order valence-electron chi connectivity index (χ2n) is 5.44. The van der Waals surface area contributed by atoms with Crippen molar-refractivity contribution in [2.75, 3.05) is 12.9 Å². The van der Waals surface area contributed by atoms with Gasteiger partial charge < -0.3 is 13.9 Å². The topological polar surface area (TPSA) is 91.5 Å². The number of benzene rings is 2. The molecule has 2 aromatic carbocycles. The zero-order valence-corrected chi connectivity index (χ0v) is 15.5. The van der Waals surface area contributed by atoms with E-state index in [1.54, 1.807) is 55.6 Å². The van der Waals surface area contributed by atoms with Gasteiger partial charge in [-0.3, -0.25) is 9.59 Å². The molecular formula is C19H16N2O5S. The maximum absolute atomic E-state index is 11.9. The molecule has 0 amide bonds. The summed E-state index contributed by atoms with van der Waals surface area (Å²) in [6.07, 6.45) is 0. The summed E-state index contributed by atoms with van der Waals surface area (Å²) in [5, 5.41) is 8.15. The molecule has 3 aromatic rings. The molecule has 0 saturated carbocycles. The van der Waals surface area contributed by atoms with Crippen LogP contribution in [-0.2, 0) is 4.79 Å². The van der Waals surface area contributed by atoms with E-state index in [0.29, 0.717) is 17.2 Å². The van der Waals surface area contributed by atoms with Crippen molar-refractivity contribution in [1.82, 2.24) is 10.2 Å². The molecule has 0 aliphatic heterocycles. The van der Waals surface area contributed by atoms with Gasteiger partial charge in [-0.25, -0.2) is 0 Å². The standard InChI is InChI=1S/C19H16N2O5S/c1-12(22)13-3-9-16(10-4-13)25-17(23)11-27-19-21-20-18(26-19)14-5-7-15(24-2)8-6-14/h3-10H,11H2,1-2H3. The van der Waals surface area contributed by atoms with Gasteiger partial charge in [0.05, 0.1) is 7.11 Å². The number of hydrogen-bond donors (Lipinski definition) is 0. The Morgan fingerprint density at radius 2 is 1.67 bits per heavy atom. The lowest BCUT2D eigenvalue weighted by molar-refractivity contribution is -0.131. The summed E-state index contributed by atoms with van der Waals surface area (Å²) in [7, 11) is 1.59. The number of carbonyl (C=O) groups is 2. The fraction of sp³-hybridized carbons (Fsp3) is 0.158. The molecule has 0 saturated heterocycles. The van der Waals surface area contributed by atoms with Gasteiger partial charge in [0.1, 0.15) is 17.3 Å².